The van der Waals surface area contributed by atoms with Gasteiger partial charge in [-0.05, 0) is 36.1 Å². The van der Waals surface area contributed by atoms with Crippen LogP contribution in [0.5, 0.6) is 0 Å². The summed E-state index contributed by atoms with van der Waals surface area (Å²) in [5, 5.41) is 2.99. The number of nitrogens with zero attached hydrogens (tertiary/aromatic N) is 1. The molecule has 4 heteroatoms. The van der Waals surface area contributed by atoms with Crippen molar-refractivity contribution < 1.29 is 9.59 Å². The van der Waals surface area contributed by atoms with E-state index in [1.165, 1.54) is 0 Å². The molecule has 1 heterocycles. The zero-order chi connectivity index (χ0) is 16.9. The van der Waals surface area contributed by atoms with Gasteiger partial charge in [-0.25, -0.2) is 0 Å². The Kier molecular flexibility index (Phi) is 4.94. The first kappa shape index (κ1) is 16.2. The monoisotopic (exact) mass is 322 g/mol. The summed E-state index contributed by atoms with van der Waals surface area (Å²) in [5.41, 5.74) is 3.10. The lowest BCUT2D eigenvalue weighted by Crippen LogP contribution is -2.40. The standard InChI is InChI=1S/C20H22N2O2/c1-15(23)22-13-11-18(12-14-22)20(24)21-19-9-7-17(8-10-19)16-5-3-2-4-6-16/h2-10,18H,11-14H2,1H3,(H,21,24). The Bertz CT molecular complexity index is 702. The van der Waals surface area contributed by atoms with Gasteiger partial charge in [0.05, 0.1) is 0 Å². The molecule has 0 aliphatic carbocycles. The fourth-order valence-electron chi connectivity index (χ4n) is 3.08. The number of benzene rings is 2. The number of likely N-dealkylation sites (tertiary alicyclic amines) is 1. The van der Waals surface area contributed by atoms with Crippen molar-refractivity contribution in [2.45, 2.75) is 19.8 Å². The van der Waals surface area contributed by atoms with Crippen molar-refractivity contribution >= 4 is 17.5 Å². The van der Waals surface area contributed by atoms with Crippen LogP contribution in [0.25, 0.3) is 11.1 Å². The predicted molar refractivity (Wildman–Crippen MR) is 95.5 cm³/mol. The van der Waals surface area contributed by atoms with Gasteiger partial charge in [0, 0.05) is 31.6 Å². The van der Waals surface area contributed by atoms with E-state index in [1.54, 1.807) is 11.8 Å². The molecule has 0 spiro atoms. The van der Waals surface area contributed by atoms with Crippen LogP contribution in [0.1, 0.15) is 19.8 Å². The molecule has 3 rings (SSSR count). The largest absolute Gasteiger partial charge is 0.343 e. The second kappa shape index (κ2) is 7.30. The molecule has 1 N–H and O–H groups in total. The molecule has 0 atom stereocenters. The highest BCUT2D eigenvalue weighted by Crippen LogP contribution is 2.23. The Labute approximate surface area is 142 Å². The molecule has 2 amide bonds. The first-order valence-electron chi connectivity index (χ1n) is 8.35. The average molecular weight is 322 g/mol. The van der Waals surface area contributed by atoms with E-state index >= 15 is 0 Å². The van der Waals surface area contributed by atoms with Crippen molar-refractivity contribution in [3.63, 3.8) is 0 Å². The van der Waals surface area contributed by atoms with Crippen LogP contribution in [-0.2, 0) is 9.59 Å². The number of piperidine rings is 1. The number of anilines is 1. The number of carbonyl (C=O) groups is 2. The number of hydrogen-bond acceptors (Lipinski definition) is 2. The summed E-state index contributed by atoms with van der Waals surface area (Å²) in [4.78, 5) is 25.5. The maximum Gasteiger partial charge on any atom is 0.227 e. The van der Waals surface area contributed by atoms with E-state index in [2.05, 4.69) is 17.4 Å². The Balaban J connectivity index is 1.58. The Morgan fingerprint density at radius 2 is 1.50 bits per heavy atom. The molecule has 0 radical (unpaired) electrons. The van der Waals surface area contributed by atoms with Crippen LogP contribution in [0.4, 0.5) is 5.69 Å². The highest BCUT2D eigenvalue weighted by Gasteiger charge is 2.25. The summed E-state index contributed by atoms with van der Waals surface area (Å²) in [5.74, 6) is 0.116. The molecule has 0 aromatic heterocycles. The number of carbonyl (C=O) groups excluding carboxylic acids is 2. The summed E-state index contributed by atoms with van der Waals surface area (Å²) >= 11 is 0. The Morgan fingerprint density at radius 1 is 0.917 bits per heavy atom. The molecule has 2 aromatic rings. The van der Waals surface area contributed by atoms with Crippen molar-refractivity contribution in [1.82, 2.24) is 4.90 Å². The van der Waals surface area contributed by atoms with Crippen LogP contribution in [0, 0.1) is 5.92 Å². The van der Waals surface area contributed by atoms with Gasteiger partial charge in [0.2, 0.25) is 11.8 Å². The number of hydrogen-bond donors (Lipinski definition) is 1. The minimum absolute atomic E-state index is 0.0191. The summed E-state index contributed by atoms with van der Waals surface area (Å²) in [6.45, 7) is 2.91. The molecule has 0 saturated carbocycles. The van der Waals surface area contributed by atoms with E-state index in [0.29, 0.717) is 13.1 Å². The maximum absolute atomic E-state index is 12.4. The van der Waals surface area contributed by atoms with E-state index in [4.69, 9.17) is 0 Å². The van der Waals surface area contributed by atoms with Crippen LogP contribution in [0.15, 0.2) is 54.6 Å². The SMILES string of the molecule is CC(=O)N1CCC(C(=O)Nc2ccc(-c3ccccc3)cc2)CC1. The highest BCUT2D eigenvalue weighted by atomic mass is 16.2. The summed E-state index contributed by atoms with van der Waals surface area (Å²) in [6, 6.07) is 18.1. The van der Waals surface area contributed by atoms with Gasteiger partial charge in [0.25, 0.3) is 0 Å². The van der Waals surface area contributed by atoms with Gasteiger partial charge in [-0.1, -0.05) is 42.5 Å². The molecule has 0 unspecified atom stereocenters. The Morgan fingerprint density at radius 3 is 2.08 bits per heavy atom. The van der Waals surface area contributed by atoms with Crippen molar-refractivity contribution in [2.75, 3.05) is 18.4 Å². The Hall–Kier alpha value is -2.62. The third-order valence-corrected chi connectivity index (χ3v) is 4.57. The fraction of sp³-hybridized carbons (Fsp3) is 0.300. The third kappa shape index (κ3) is 3.82. The molecule has 1 saturated heterocycles. The van der Waals surface area contributed by atoms with Gasteiger partial charge in [0.1, 0.15) is 0 Å². The molecule has 0 bridgehead atoms. The van der Waals surface area contributed by atoms with Crippen LogP contribution in [0.2, 0.25) is 0 Å². The van der Waals surface area contributed by atoms with Crippen molar-refractivity contribution in [3.8, 4) is 11.1 Å². The van der Waals surface area contributed by atoms with Crippen molar-refractivity contribution in [2.24, 2.45) is 5.92 Å². The number of nitrogens with one attached hydrogen (secondary N) is 1. The van der Waals surface area contributed by atoms with Gasteiger partial charge in [-0.15, -0.1) is 0 Å². The van der Waals surface area contributed by atoms with Crippen molar-refractivity contribution in [1.29, 1.82) is 0 Å². The lowest BCUT2D eigenvalue weighted by atomic mass is 9.95. The molecule has 1 aliphatic heterocycles. The molecule has 4 nitrogen and oxygen atoms in total. The minimum Gasteiger partial charge on any atom is -0.343 e. The average Bonchev–Trinajstić information content (AvgIpc) is 2.63. The minimum atomic E-state index is -0.0191. The summed E-state index contributed by atoms with van der Waals surface area (Å²) in [6.07, 6.45) is 1.46. The predicted octanol–water partition coefficient (Wildman–Crippen LogP) is 3.55. The first-order valence-corrected chi connectivity index (χ1v) is 8.35. The van der Waals surface area contributed by atoms with E-state index in [0.717, 1.165) is 29.7 Å². The zero-order valence-corrected chi connectivity index (χ0v) is 13.9. The quantitative estimate of drug-likeness (QED) is 0.939. The molecule has 1 fully saturated rings. The number of amides is 2. The van der Waals surface area contributed by atoms with E-state index in [1.807, 2.05) is 42.5 Å². The van der Waals surface area contributed by atoms with E-state index in [9.17, 15) is 9.59 Å². The zero-order valence-electron chi connectivity index (χ0n) is 13.9. The maximum atomic E-state index is 12.4. The first-order chi connectivity index (χ1) is 11.6. The van der Waals surface area contributed by atoms with Crippen LogP contribution < -0.4 is 5.32 Å². The summed E-state index contributed by atoms with van der Waals surface area (Å²) in [7, 11) is 0. The second-order valence-corrected chi connectivity index (χ2v) is 6.21. The molecular formula is C20H22N2O2. The molecule has 1 aliphatic rings. The van der Waals surface area contributed by atoms with Crippen molar-refractivity contribution in [3.05, 3.63) is 54.6 Å². The van der Waals surface area contributed by atoms with Crippen LogP contribution in [-0.4, -0.2) is 29.8 Å². The van der Waals surface area contributed by atoms with Gasteiger partial charge >= 0.3 is 0 Å². The second-order valence-electron chi connectivity index (χ2n) is 6.21. The third-order valence-electron chi connectivity index (χ3n) is 4.57. The normalized spacial score (nSPS) is 15.1. The topological polar surface area (TPSA) is 49.4 Å². The van der Waals surface area contributed by atoms with Gasteiger partial charge in [-0.3, -0.25) is 9.59 Å². The van der Waals surface area contributed by atoms with Gasteiger partial charge in [0.15, 0.2) is 0 Å². The molecular weight excluding hydrogens is 300 g/mol. The van der Waals surface area contributed by atoms with Gasteiger partial charge < -0.3 is 10.2 Å². The van der Waals surface area contributed by atoms with E-state index in [-0.39, 0.29) is 17.7 Å². The lowest BCUT2D eigenvalue weighted by molar-refractivity contribution is -0.132. The smallest absolute Gasteiger partial charge is 0.227 e. The fourth-order valence-corrected chi connectivity index (χ4v) is 3.08. The van der Waals surface area contributed by atoms with Crippen LogP contribution in [0.3, 0.4) is 0 Å². The highest BCUT2D eigenvalue weighted by molar-refractivity contribution is 5.93. The lowest BCUT2D eigenvalue weighted by Gasteiger charge is -2.30. The molecule has 2 aromatic carbocycles. The number of rotatable bonds is 3. The van der Waals surface area contributed by atoms with Crippen LogP contribution >= 0.6 is 0 Å². The van der Waals surface area contributed by atoms with E-state index < -0.39 is 0 Å². The molecule has 124 valence electrons. The van der Waals surface area contributed by atoms with Gasteiger partial charge in [-0.2, -0.15) is 0 Å². The summed E-state index contributed by atoms with van der Waals surface area (Å²) < 4.78 is 0. The molecule has 24 heavy (non-hydrogen) atoms.